The molecule has 0 spiro atoms. The van der Waals surface area contributed by atoms with Crippen molar-refractivity contribution >= 4 is 5.91 Å². The summed E-state index contributed by atoms with van der Waals surface area (Å²) in [5, 5.41) is 0. The topological polar surface area (TPSA) is 64.8 Å². The van der Waals surface area contributed by atoms with Gasteiger partial charge in [0.15, 0.2) is 0 Å². The molecule has 0 saturated carbocycles. The van der Waals surface area contributed by atoms with E-state index in [0.717, 1.165) is 32.4 Å². The summed E-state index contributed by atoms with van der Waals surface area (Å²) in [6.45, 7) is 2.46. The molecule has 0 aromatic rings. The van der Waals surface area contributed by atoms with Crippen LogP contribution in [0.3, 0.4) is 0 Å². The van der Waals surface area contributed by atoms with Crippen molar-refractivity contribution in [3.05, 3.63) is 0 Å². The Labute approximate surface area is 95.9 Å². The second-order valence-electron chi connectivity index (χ2n) is 4.70. The van der Waals surface area contributed by atoms with E-state index in [-0.39, 0.29) is 12.0 Å². The predicted molar refractivity (Wildman–Crippen MR) is 59.0 cm³/mol. The molecule has 5 nitrogen and oxygen atoms in total. The summed E-state index contributed by atoms with van der Waals surface area (Å²) >= 11 is 0. The Kier molecular flexibility index (Phi) is 3.47. The van der Waals surface area contributed by atoms with E-state index in [1.54, 1.807) is 11.9 Å². The zero-order valence-electron chi connectivity index (χ0n) is 9.78. The van der Waals surface area contributed by atoms with Crippen LogP contribution in [0.1, 0.15) is 19.3 Å². The van der Waals surface area contributed by atoms with Crippen LogP contribution in [0.4, 0.5) is 0 Å². The molecule has 2 fully saturated rings. The molecule has 16 heavy (non-hydrogen) atoms. The Morgan fingerprint density at radius 1 is 1.69 bits per heavy atom. The summed E-state index contributed by atoms with van der Waals surface area (Å²) in [6.07, 6.45) is 2.28. The lowest BCUT2D eigenvalue weighted by Gasteiger charge is -2.37. The molecule has 92 valence electrons. The molecule has 0 bridgehead atoms. The highest BCUT2D eigenvalue weighted by molar-refractivity contribution is 5.82. The molecular weight excluding hydrogens is 208 g/mol. The van der Waals surface area contributed by atoms with Gasteiger partial charge in [-0.25, -0.2) is 0 Å². The number of amides is 1. The molecule has 2 unspecified atom stereocenters. The van der Waals surface area contributed by atoms with Crippen LogP contribution in [0.2, 0.25) is 0 Å². The molecule has 2 aliphatic heterocycles. The molecule has 2 N–H and O–H groups in total. The minimum absolute atomic E-state index is 0.0680. The standard InChI is InChI=1S/C11H20N2O3/c1-13-5-3-9(10(13)14)16-11(7-12)4-2-6-15-8-11/h9H,2-8,12H2,1H3. The maximum Gasteiger partial charge on any atom is 0.251 e. The quantitative estimate of drug-likeness (QED) is 0.723. The van der Waals surface area contributed by atoms with Gasteiger partial charge in [0.1, 0.15) is 11.7 Å². The fourth-order valence-corrected chi connectivity index (χ4v) is 2.33. The van der Waals surface area contributed by atoms with Gasteiger partial charge in [0, 0.05) is 33.2 Å². The molecule has 2 aliphatic rings. The first-order chi connectivity index (χ1) is 7.67. The van der Waals surface area contributed by atoms with Gasteiger partial charge in [0.2, 0.25) is 0 Å². The Bertz CT molecular complexity index is 264. The Morgan fingerprint density at radius 2 is 2.50 bits per heavy atom. The summed E-state index contributed by atoms with van der Waals surface area (Å²) in [7, 11) is 1.80. The molecule has 2 heterocycles. The molecule has 0 radical (unpaired) electrons. The number of rotatable bonds is 3. The molecule has 0 aromatic carbocycles. The first-order valence-corrected chi connectivity index (χ1v) is 5.87. The van der Waals surface area contributed by atoms with E-state index in [0.29, 0.717) is 13.2 Å². The summed E-state index contributed by atoms with van der Waals surface area (Å²) in [5.74, 6) is 0.0680. The molecule has 5 heteroatoms. The van der Waals surface area contributed by atoms with Gasteiger partial charge in [0.05, 0.1) is 6.61 Å². The number of nitrogens with zero attached hydrogens (tertiary/aromatic N) is 1. The van der Waals surface area contributed by atoms with Crippen LogP contribution < -0.4 is 5.73 Å². The van der Waals surface area contributed by atoms with E-state index < -0.39 is 5.60 Å². The zero-order valence-corrected chi connectivity index (χ0v) is 9.78. The number of likely N-dealkylation sites (tertiary alicyclic amines) is 1. The van der Waals surface area contributed by atoms with E-state index in [9.17, 15) is 4.79 Å². The lowest BCUT2D eigenvalue weighted by Crippen LogP contribution is -2.51. The summed E-state index contributed by atoms with van der Waals surface area (Å²) < 4.78 is 11.3. The smallest absolute Gasteiger partial charge is 0.251 e. The van der Waals surface area contributed by atoms with Crippen molar-refractivity contribution in [2.45, 2.75) is 31.0 Å². The number of hydrogen-bond acceptors (Lipinski definition) is 4. The third-order valence-electron chi connectivity index (χ3n) is 3.43. The SMILES string of the molecule is CN1CCC(OC2(CN)CCCOC2)C1=O. The molecule has 0 aromatic heterocycles. The van der Waals surface area contributed by atoms with Crippen molar-refractivity contribution in [3.63, 3.8) is 0 Å². The van der Waals surface area contributed by atoms with Gasteiger partial charge < -0.3 is 20.1 Å². The third-order valence-corrected chi connectivity index (χ3v) is 3.43. The monoisotopic (exact) mass is 228 g/mol. The van der Waals surface area contributed by atoms with Crippen LogP contribution in [0, 0.1) is 0 Å². The number of likely N-dealkylation sites (N-methyl/N-ethyl adjacent to an activating group) is 1. The van der Waals surface area contributed by atoms with Crippen LogP contribution in [-0.2, 0) is 14.3 Å². The van der Waals surface area contributed by atoms with Crippen molar-refractivity contribution < 1.29 is 14.3 Å². The van der Waals surface area contributed by atoms with Crippen LogP contribution in [0.5, 0.6) is 0 Å². The highest BCUT2D eigenvalue weighted by atomic mass is 16.6. The second-order valence-corrected chi connectivity index (χ2v) is 4.70. The predicted octanol–water partition coefficient (Wildman–Crippen LogP) is -0.258. The van der Waals surface area contributed by atoms with Gasteiger partial charge in [-0.05, 0) is 12.8 Å². The highest BCUT2D eigenvalue weighted by Gasteiger charge is 2.40. The highest BCUT2D eigenvalue weighted by Crippen LogP contribution is 2.27. The third kappa shape index (κ3) is 2.21. The van der Waals surface area contributed by atoms with E-state index in [1.165, 1.54) is 0 Å². The summed E-state index contributed by atoms with van der Waals surface area (Å²) in [6, 6.07) is 0. The fourth-order valence-electron chi connectivity index (χ4n) is 2.33. The zero-order chi connectivity index (χ0) is 11.6. The van der Waals surface area contributed by atoms with Crippen molar-refractivity contribution in [3.8, 4) is 0 Å². The average molecular weight is 228 g/mol. The van der Waals surface area contributed by atoms with Gasteiger partial charge in [-0.3, -0.25) is 4.79 Å². The first kappa shape index (κ1) is 11.8. The summed E-state index contributed by atoms with van der Waals surface area (Å²) in [5.41, 5.74) is 5.33. The van der Waals surface area contributed by atoms with Gasteiger partial charge in [-0.15, -0.1) is 0 Å². The largest absolute Gasteiger partial charge is 0.378 e. The fraction of sp³-hybridized carbons (Fsp3) is 0.909. The molecular formula is C11H20N2O3. The Hall–Kier alpha value is -0.650. The van der Waals surface area contributed by atoms with Crippen LogP contribution in [0.25, 0.3) is 0 Å². The number of ether oxygens (including phenoxy) is 2. The summed E-state index contributed by atoms with van der Waals surface area (Å²) in [4.78, 5) is 13.5. The lowest BCUT2D eigenvalue weighted by molar-refractivity contribution is -0.167. The second kappa shape index (κ2) is 4.69. The van der Waals surface area contributed by atoms with E-state index in [1.807, 2.05) is 0 Å². The van der Waals surface area contributed by atoms with Crippen molar-refractivity contribution in [1.82, 2.24) is 4.90 Å². The first-order valence-electron chi connectivity index (χ1n) is 5.87. The van der Waals surface area contributed by atoms with Gasteiger partial charge in [-0.1, -0.05) is 0 Å². The van der Waals surface area contributed by atoms with E-state index >= 15 is 0 Å². The van der Waals surface area contributed by atoms with Crippen LogP contribution in [0.15, 0.2) is 0 Å². The minimum Gasteiger partial charge on any atom is -0.378 e. The van der Waals surface area contributed by atoms with Crippen molar-refractivity contribution in [2.24, 2.45) is 5.73 Å². The number of hydrogen-bond donors (Lipinski definition) is 1. The average Bonchev–Trinajstić information content (AvgIpc) is 2.62. The van der Waals surface area contributed by atoms with Gasteiger partial charge >= 0.3 is 0 Å². The number of nitrogens with two attached hydrogens (primary N) is 1. The Balaban J connectivity index is 1.98. The van der Waals surface area contributed by atoms with Crippen LogP contribution in [-0.4, -0.2) is 55.9 Å². The molecule has 2 atom stereocenters. The molecule has 1 amide bonds. The normalized spacial score (nSPS) is 35.8. The van der Waals surface area contributed by atoms with Crippen molar-refractivity contribution in [2.75, 3.05) is 33.4 Å². The minimum atomic E-state index is -0.441. The van der Waals surface area contributed by atoms with E-state index in [2.05, 4.69) is 0 Å². The molecule has 0 aliphatic carbocycles. The van der Waals surface area contributed by atoms with Gasteiger partial charge in [0.25, 0.3) is 5.91 Å². The maximum absolute atomic E-state index is 11.8. The number of carbonyl (C=O) groups is 1. The van der Waals surface area contributed by atoms with Crippen LogP contribution >= 0.6 is 0 Å². The lowest BCUT2D eigenvalue weighted by atomic mass is 9.96. The van der Waals surface area contributed by atoms with E-state index in [4.69, 9.17) is 15.2 Å². The maximum atomic E-state index is 11.8. The number of carbonyl (C=O) groups excluding carboxylic acids is 1. The van der Waals surface area contributed by atoms with Crippen molar-refractivity contribution in [1.29, 1.82) is 0 Å². The Morgan fingerprint density at radius 3 is 3.00 bits per heavy atom. The van der Waals surface area contributed by atoms with Gasteiger partial charge in [-0.2, -0.15) is 0 Å². The molecule has 2 saturated heterocycles. The molecule has 2 rings (SSSR count).